The molecule has 1 aliphatic rings. The third kappa shape index (κ3) is 4.96. The van der Waals surface area contributed by atoms with E-state index in [1.54, 1.807) is 7.11 Å². The standard InChI is InChI=1S/C12H26N2O/c1-3-4-8-14(11-5-6-11)9-7-12(10-13)15-2/h11-12H,3-10,13H2,1-2H3. The van der Waals surface area contributed by atoms with E-state index < -0.39 is 0 Å². The highest BCUT2D eigenvalue weighted by Gasteiger charge is 2.28. The molecular formula is C12H26N2O. The van der Waals surface area contributed by atoms with Gasteiger partial charge in [-0.2, -0.15) is 0 Å². The van der Waals surface area contributed by atoms with Crippen molar-refractivity contribution in [1.29, 1.82) is 0 Å². The van der Waals surface area contributed by atoms with Gasteiger partial charge in [0.25, 0.3) is 0 Å². The van der Waals surface area contributed by atoms with Crippen LogP contribution < -0.4 is 5.73 Å². The SMILES string of the molecule is CCCCN(CCC(CN)OC)C1CC1. The molecule has 15 heavy (non-hydrogen) atoms. The van der Waals surface area contributed by atoms with Gasteiger partial charge >= 0.3 is 0 Å². The number of ether oxygens (including phenoxy) is 1. The summed E-state index contributed by atoms with van der Waals surface area (Å²) >= 11 is 0. The zero-order chi connectivity index (χ0) is 11.1. The average molecular weight is 214 g/mol. The minimum absolute atomic E-state index is 0.243. The fourth-order valence-electron chi connectivity index (χ4n) is 1.92. The Morgan fingerprint density at radius 3 is 2.60 bits per heavy atom. The van der Waals surface area contributed by atoms with Gasteiger partial charge < -0.3 is 15.4 Å². The molecule has 1 aliphatic carbocycles. The van der Waals surface area contributed by atoms with Crippen LogP contribution >= 0.6 is 0 Å². The van der Waals surface area contributed by atoms with Gasteiger partial charge in [-0.3, -0.25) is 0 Å². The summed E-state index contributed by atoms with van der Waals surface area (Å²) in [5.41, 5.74) is 5.62. The molecule has 90 valence electrons. The molecule has 1 saturated carbocycles. The van der Waals surface area contributed by atoms with E-state index in [1.165, 1.54) is 32.2 Å². The van der Waals surface area contributed by atoms with Crippen LogP contribution in [0.3, 0.4) is 0 Å². The van der Waals surface area contributed by atoms with Gasteiger partial charge in [0.05, 0.1) is 6.10 Å². The molecule has 0 saturated heterocycles. The molecule has 0 radical (unpaired) electrons. The maximum Gasteiger partial charge on any atom is 0.0705 e. The zero-order valence-corrected chi connectivity index (χ0v) is 10.2. The largest absolute Gasteiger partial charge is 0.380 e. The van der Waals surface area contributed by atoms with Crippen LogP contribution in [0.5, 0.6) is 0 Å². The first-order chi connectivity index (χ1) is 7.31. The third-order valence-corrected chi connectivity index (χ3v) is 3.20. The van der Waals surface area contributed by atoms with Crippen LogP contribution in [0.1, 0.15) is 39.0 Å². The molecule has 0 bridgehead atoms. The highest BCUT2D eigenvalue weighted by Crippen LogP contribution is 2.27. The Bertz CT molecular complexity index is 156. The molecule has 1 unspecified atom stereocenters. The van der Waals surface area contributed by atoms with Crippen molar-refractivity contribution in [3.8, 4) is 0 Å². The maximum atomic E-state index is 5.62. The lowest BCUT2D eigenvalue weighted by atomic mass is 10.2. The quantitative estimate of drug-likeness (QED) is 0.634. The van der Waals surface area contributed by atoms with Gasteiger partial charge in [-0.1, -0.05) is 13.3 Å². The number of methoxy groups -OCH3 is 1. The van der Waals surface area contributed by atoms with Crippen molar-refractivity contribution in [3.63, 3.8) is 0 Å². The molecule has 3 heteroatoms. The molecule has 0 heterocycles. The number of rotatable bonds is 9. The van der Waals surface area contributed by atoms with Gasteiger partial charge in [0.2, 0.25) is 0 Å². The molecule has 1 rings (SSSR count). The first-order valence-electron chi connectivity index (χ1n) is 6.28. The molecule has 0 aromatic rings. The third-order valence-electron chi connectivity index (χ3n) is 3.20. The van der Waals surface area contributed by atoms with Crippen LogP contribution in [0.25, 0.3) is 0 Å². The minimum Gasteiger partial charge on any atom is -0.380 e. The number of hydrogen-bond acceptors (Lipinski definition) is 3. The number of nitrogens with zero attached hydrogens (tertiary/aromatic N) is 1. The van der Waals surface area contributed by atoms with Crippen molar-refractivity contribution in [2.24, 2.45) is 5.73 Å². The van der Waals surface area contributed by atoms with E-state index in [4.69, 9.17) is 10.5 Å². The lowest BCUT2D eigenvalue weighted by Crippen LogP contribution is -2.33. The van der Waals surface area contributed by atoms with Crippen molar-refractivity contribution < 1.29 is 4.74 Å². The second kappa shape index (κ2) is 7.20. The molecule has 0 aromatic carbocycles. The lowest BCUT2D eigenvalue weighted by Gasteiger charge is -2.23. The number of hydrogen-bond donors (Lipinski definition) is 1. The van der Waals surface area contributed by atoms with Gasteiger partial charge in [-0.05, 0) is 32.2 Å². The summed E-state index contributed by atoms with van der Waals surface area (Å²) in [4.78, 5) is 2.62. The Kier molecular flexibility index (Phi) is 6.22. The molecular weight excluding hydrogens is 188 g/mol. The molecule has 1 fully saturated rings. The van der Waals surface area contributed by atoms with Crippen LogP contribution in [-0.2, 0) is 4.74 Å². The van der Waals surface area contributed by atoms with Crippen LogP contribution in [0.4, 0.5) is 0 Å². The van der Waals surface area contributed by atoms with Gasteiger partial charge in [0.15, 0.2) is 0 Å². The summed E-state index contributed by atoms with van der Waals surface area (Å²) in [6.45, 7) is 5.30. The van der Waals surface area contributed by atoms with Crippen molar-refractivity contribution in [2.75, 3.05) is 26.7 Å². The highest BCUT2D eigenvalue weighted by atomic mass is 16.5. The first-order valence-corrected chi connectivity index (χ1v) is 6.28. The summed E-state index contributed by atoms with van der Waals surface area (Å²) < 4.78 is 5.30. The summed E-state index contributed by atoms with van der Waals surface area (Å²) in [6, 6.07) is 0.867. The second-order valence-electron chi connectivity index (χ2n) is 4.50. The van der Waals surface area contributed by atoms with E-state index in [0.717, 1.165) is 19.0 Å². The summed E-state index contributed by atoms with van der Waals surface area (Å²) in [5, 5.41) is 0. The Morgan fingerprint density at radius 2 is 2.13 bits per heavy atom. The molecule has 0 aromatic heterocycles. The van der Waals surface area contributed by atoms with Crippen LogP contribution in [0.15, 0.2) is 0 Å². The van der Waals surface area contributed by atoms with E-state index >= 15 is 0 Å². The molecule has 1 atom stereocenters. The predicted octanol–water partition coefficient (Wildman–Crippen LogP) is 1.61. The van der Waals surface area contributed by atoms with E-state index in [0.29, 0.717) is 6.54 Å². The van der Waals surface area contributed by atoms with E-state index in [-0.39, 0.29) is 6.10 Å². The fourth-order valence-corrected chi connectivity index (χ4v) is 1.92. The Morgan fingerprint density at radius 1 is 1.40 bits per heavy atom. The topological polar surface area (TPSA) is 38.5 Å². The van der Waals surface area contributed by atoms with Crippen LogP contribution in [0.2, 0.25) is 0 Å². The highest BCUT2D eigenvalue weighted by molar-refractivity contribution is 4.84. The molecule has 0 amide bonds. The Hall–Kier alpha value is -0.120. The Balaban J connectivity index is 2.18. The summed E-state index contributed by atoms with van der Waals surface area (Å²) in [7, 11) is 1.75. The van der Waals surface area contributed by atoms with E-state index in [2.05, 4.69) is 11.8 Å². The average Bonchev–Trinajstić information content (AvgIpc) is 3.07. The second-order valence-corrected chi connectivity index (χ2v) is 4.50. The number of unbranched alkanes of at least 4 members (excludes halogenated alkanes) is 1. The molecule has 0 spiro atoms. The van der Waals surface area contributed by atoms with Crippen molar-refractivity contribution in [2.45, 2.75) is 51.2 Å². The van der Waals surface area contributed by atoms with Crippen molar-refractivity contribution in [1.82, 2.24) is 4.90 Å². The molecule has 3 nitrogen and oxygen atoms in total. The van der Waals surface area contributed by atoms with Gasteiger partial charge in [-0.25, -0.2) is 0 Å². The van der Waals surface area contributed by atoms with Crippen LogP contribution in [0, 0.1) is 0 Å². The van der Waals surface area contributed by atoms with E-state index in [9.17, 15) is 0 Å². The Labute approximate surface area is 94.0 Å². The predicted molar refractivity (Wildman–Crippen MR) is 64.0 cm³/mol. The summed E-state index contributed by atoms with van der Waals surface area (Å²) in [5.74, 6) is 0. The lowest BCUT2D eigenvalue weighted by molar-refractivity contribution is 0.0879. The number of nitrogens with two attached hydrogens (primary N) is 1. The van der Waals surface area contributed by atoms with Crippen LogP contribution in [-0.4, -0.2) is 43.8 Å². The van der Waals surface area contributed by atoms with E-state index in [1.807, 2.05) is 0 Å². The first kappa shape index (κ1) is 12.9. The minimum atomic E-state index is 0.243. The smallest absolute Gasteiger partial charge is 0.0705 e. The molecule has 2 N–H and O–H groups in total. The van der Waals surface area contributed by atoms with Crippen molar-refractivity contribution in [3.05, 3.63) is 0 Å². The molecule has 0 aliphatic heterocycles. The normalized spacial score (nSPS) is 18.4. The van der Waals surface area contributed by atoms with Gasteiger partial charge in [0.1, 0.15) is 0 Å². The van der Waals surface area contributed by atoms with Crippen molar-refractivity contribution >= 4 is 0 Å². The van der Waals surface area contributed by atoms with Gasteiger partial charge in [0, 0.05) is 26.2 Å². The van der Waals surface area contributed by atoms with Gasteiger partial charge in [-0.15, -0.1) is 0 Å². The zero-order valence-electron chi connectivity index (χ0n) is 10.2. The fraction of sp³-hybridized carbons (Fsp3) is 1.00. The summed E-state index contributed by atoms with van der Waals surface area (Å²) in [6.07, 6.45) is 6.71. The monoisotopic (exact) mass is 214 g/mol. The maximum absolute atomic E-state index is 5.62.